The van der Waals surface area contributed by atoms with Gasteiger partial charge in [0, 0.05) is 12.3 Å². The first kappa shape index (κ1) is 27.3. The summed E-state index contributed by atoms with van der Waals surface area (Å²) in [6, 6.07) is 8.26. The monoisotopic (exact) mass is 448 g/mol. The standard InChI is InChI=1S/C22H33BN2O7/c1-14(2)17(12-20(27)32-4)22(29)25-18(11-16-8-6-5-7-9-16)19(26)10-15(3)21(28)24-13-23(30)31/h5-9,14-15,17-18,30-31H,10-13H2,1-4H3,(H,24,28)(H,25,29)/t15-,17+,18+/m1/s1. The van der Waals surface area contributed by atoms with Crippen LogP contribution in [0.15, 0.2) is 30.3 Å². The molecule has 0 aliphatic rings. The molecule has 0 bridgehead atoms. The van der Waals surface area contributed by atoms with Gasteiger partial charge in [-0.05, 0) is 17.9 Å². The smallest absolute Gasteiger partial charge is 0.469 e. The van der Waals surface area contributed by atoms with Gasteiger partial charge in [-0.3, -0.25) is 19.2 Å². The number of hydrogen-bond acceptors (Lipinski definition) is 7. The highest BCUT2D eigenvalue weighted by atomic mass is 16.5. The van der Waals surface area contributed by atoms with Crippen LogP contribution in [0.3, 0.4) is 0 Å². The molecule has 0 fully saturated rings. The van der Waals surface area contributed by atoms with E-state index < -0.39 is 42.8 Å². The van der Waals surface area contributed by atoms with Crippen LogP contribution < -0.4 is 10.6 Å². The van der Waals surface area contributed by atoms with Gasteiger partial charge in [0.25, 0.3) is 0 Å². The summed E-state index contributed by atoms with van der Waals surface area (Å²) in [5, 5.41) is 22.9. The predicted octanol–water partition coefficient (Wildman–Crippen LogP) is 0.273. The zero-order valence-electron chi connectivity index (χ0n) is 19.0. The molecular formula is C22H33BN2O7. The van der Waals surface area contributed by atoms with E-state index in [-0.39, 0.29) is 37.4 Å². The molecule has 0 saturated carbocycles. The molecule has 32 heavy (non-hydrogen) atoms. The summed E-state index contributed by atoms with van der Waals surface area (Å²) >= 11 is 0. The lowest BCUT2D eigenvalue weighted by atomic mass is 9.89. The van der Waals surface area contributed by atoms with Crippen molar-refractivity contribution in [1.82, 2.24) is 10.6 Å². The predicted molar refractivity (Wildman–Crippen MR) is 119 cm³/mol. The number of ether oxygens (including phenoxy) is 1. The maximum atomic E-state index is 13.0. The molecule has 10 heteroatoms. The number of ketones is 1. The number of carbonyl (C=O) groups excluding carboxylic acids is 4. The van der Waals surface area contributed by atoms with Crippen LogP contribution in [0.25, 0.3) is 0 Å². The summed E-state index contributed by atoms with van der Waals surface area (Å²) in [6.07, 6.45) is -0.355. The Morgan fingerprint density at radius 2 is 1.62 bits per heavy atom. The van der Waals surface area contributed by atoms with Gasteiger partial charge in [0.15, 0.2) is 5.78 Å². The third kappa shape index (κ3) is 9.61. The molecule has 3 atom stereocenters. The van der Waals surface area contributed by atoms with Crippen molar-refractivity contribution in [3.05, 3.63) is 35.9 Å². The van der Waals surface area contributed by atoms with Crippen molar-refractivity contribution in [3.63, 3.8) is 0 Å². The number of Topliss-reactive ketones (excluding diaryl/α,β-unsaturated/α-hetero) is 1. The Morgan fingerprint density at radius 3 is 2.16 bits per heavy atom. The van der Waals surface area contributed by atoms with Crippen LogP contribution in [0.1, 0.15) is 39.2 Å². The Bertz CT molecular complexity index is 771. The summed E-state index contributed by atoms with van der Waals surface area (Å²) in [6.45, 7) is 5.17. The summed E-state index contributed by atoms with van der Waals surface area (Å²) in [7, 11) is -0.434. The molecule has 1 aromatic carbocycles. The number of carbonyl (C=O) groups is 4. The number of rotatable bonds is 13. The fraction of sp³-hybridized carbons (Fsp3) is 0.545. The van der Waals surface area contributed by atoms with E-state index in [1.54, 1.807) is 6.92 Å². The Morgan fingerprint density at radius 1 is 1.00 bits per heavy atom. The number of nitrogens with one attached hydrogen (secondary N) is 2. The van der Waals surface area contributed by atoms with E-state index >= 15 is 0 Å². The van der Waals surface area contributed by atoms with Crippen molar-refractivity contribution in [2.75, 3.05) is 13.6 Å². The molecule has 1 aromatic rings. The van der Waals surface area contributed by atoms with Crippen molar-refractivity contribution in [2.24, 2.45) is 17.8 Å². The minimum absolute atomic E-state index is 0.103. The molecular weight excluding hydrogens is 415 g/mol. The first-order chi connectivity index (χ1) is 15.0. The lowest BCUT2D eigenvalue weighted by molar-refractivity contribution is -0.145. The molecule has 176 valence electrons. The normalized spacial score (nSPS) is 13.6. The van der Waals surface area contributed by atoms with E-state index in [0.717, 1.165) is 5.56 Å². The van der Waals surface area contributed by atoms with Gasteiger partial charge in [0.2, 0.25) is 11.8 Å². The quantitative estimate of drug-likeness (QED) is 0.251. The lowest BCUT2D eigenvalue weighted by Crippen LogP contribution is -2.47. The summed E-state index contributed by atoms with van der Waals surface area (Å²) < 4.78 is 4.68. The minimum atomic E-state index is -1.69. The molecule has 0 heterocycles. The van der Waals surface area contributed by atoms with Crippen LogP contribution in [0, 0.1) is 17.8 Å². The Kier molecular flexibility index (Phi) is 11.6. The molecule has 2 amide bonds. The molecule has 0 saturated heterocycles. The number of esters is 1. The van der Waals surface area contributed by atoms with Crippen LogP contribution in [0.5, 0.6) is 0 Å². The zero-order valence-corrected chi connectivity index (χ0v) is 19.0. The maximum Gasteiger partial charge on any atom is 0.472 e. The molecule has 4 N–H and O–H groups in total. The van der Waals surface area contributed by atoms with Crippen LogP contribution in [-0.4, -0.2) is 60.3 Å². The van der Waals surface area contributed by atoms with Gasteiger partial charge in [-0.15, -0.1) is 0 Å². The van der Waals surface area contributed by atoms with Crippen LogP contribution in [-0.2, 0) is 30.3 Å². The van der Waals surface area contributed by atoms with Gasteiger partial charge in [0.05, 0.1) is 31.9 Å². The second kappa shape index (κ2) is 13.6. The number of amides is 2. The minimum Gasteiger partial charge on any atom is -0.469 e. The number of methoxy groups -OCH3 is 1. The molecule has 0 aliphatic carbocycles. The Balaban J connectivity index is 2.96. The summed E-state index contributed by atoms with van der Waals surface area (Å²) in [4.78, 5) is 49.8. The SMILES string of the molecule is COC(=O)C[C@H](C(=O)N[C@@H](Cc1ccccc1)C(=O)C[C@@H](C)C(=O)NCB(O)O)C(C)C. The molecule has 1 rings (SSSR count). The third-order valence-electron chi connectivity index (χ3n) is 5.16. The second-order valence-corrected chi connectivity index (χ2v) is 8.18. The van der Waals surface area contributed by atoms with Gasteiger partial charge in [-0.1, -0.05) is 51.1 Å². The molecule has 0 radical (unpaired) electrons. The average Bonchev–Trinajstić information content (AvgIpc) is 2.75. The van der Waals surface area contributed by atoms with Gasteiger partial charge >= 0.3 is 13.1 Å². The van der Waals surface area contributed by atoms with Crippen molar-refractivity contribution in [2.45, 2.75) is 46.1 Å². The van der Waals surface area contributed by atoms with E-state index in [2.05, 4.69) is 15.4 Å². The van der Waals surface area contributed by atoms with E-state index in [1.807, 2.05) is 44.2 Å². The van der Waals surface area contributed by atoms with Gasteiger partial charge in [0.1, 0.15) is 0 Å². The van der Waals surface area contributed by atoms with E-state index in [4.69, 9.17) is 10.0 Å². The molecule has 0 spiro atoms. The first-order valence-electron chi connectivity index (χ1n) is 10.6. The number of benzene rings is 1. The Labute approximate surface area is 189 Å². The van der Waals surface area contributed by atoms with Crippen molar-refractivity contribution >= 4 is 30.7 Å². The van der Waals surface area contributed by atoms with Crippen LogP contribution >= 0.6 is 0 Å². The van der Waals surface area contributed by atoms with E-state index in [0.29, 0.717) is 0 Å². The van der Waals surface area contributed by atoms with E-state index in [1.165, 1.54) is 7.11 Å². The molecule has 0 unspecified atom stereocenters. The summed E-state index contributed by atoms with van der Waals surface area (Å²) in [5.74, 6) is -3.33. The highest BCUT2D eigenvalue weighted by molar-refractivity contribution is 6.41. The fourth-order valence-corrected chi connectivity index (χ4v) is 3.17. The topological polar surface area (TPSA) is 142 Å². The fourth-order valence-electron chi connectivity index (χ4n) is 3.17. The molecule has 0 aliphatic heterocycles. The number of hydrogen-bond donors (Lipinski definition) is 4. The zero-order chi connectivity index (χ0) is 24.3. The first-order valence-corrected chi connectivity index (χ1v) is 10.6. The van der Waals surface area contributed by atoms with E-state index in [9.17, 15) is 19.2 Å². The molecule has 0 aromatic heterocycles. The largest absolute Gasteiger partial charge is 0.472 e. The molecule has 9 nitrogen and oxygen atoms in total. The second-order valence-electron chi connectivity index (χ2n) is 8.18. The highest BCUT2D eigenvalue weighted by Gasteiger charge is 2.31. The van der Waals surface area contributed by atoms with Crippen LogP contribution in [0.2, 0.25) is 0 Å². The maximum absolute atomic E-state index is 13.0. The van der Waals surface area contributed by atoms with Crippen molar-refractivity contribution < 1.29 is 34.0 Å². The lowest BCUT2D eigenvalue weighted by Gasteiger charge is -2.24. The van der Waals surface area contributed by atoms with Crippen molar-refractivity contribution in [1.29, 1.82) is 0 Å². The average molecular weight is 448 g/mol. The van der Waals surface area contributed by atoms with Gasteiger partial charge < -0.3 is 25.4 Å². The highest BCUT2D eigenvalue weighted by Crippen LogP contribution is 2.18. The summed E-state index contributed by atoms with van der Waals surface area (Å²) in [5.41, 5.74) is 0.834. The third-order valence-corrected chi connectivity index (χ3v) is 5.16. The van der Waals surface area contributed by atoms with Gasteiger partial charge in [-0.2, -0.15) is 0 Å². The van der Waals surface area contributed by atoms with Crippen LogP contribution in [0.4, 0.5) is 0 Å². The Hall–Kier alpha value is -2.72. The van der Waals surface area contributed by atoms with Crippen molar-refractivity contribution in [3.8, 4) is 0 Å². The van der Waals surface area contributed by atoms with Gasteiger partial charge in [-0.25, -0.2) is 0 Å².